The van der Waals surface area contributed by atoms with Gasteiger partial charge in [0.15, 0.2) is 18.1 Å². The summed E-state index contributed by atoms with van der Waals surface area (Å²) in [7, 11) is 1.48. The number of allylic oxidation sites excluding steroid dienone is 1. The lowest BCUT2D eigenvalue weighted by atomic mass is 10.00. The van der Waals surface area contributed by atoms with E-state index in [1.54, 1.807) is 24.3 Å². The van der Waals surface area contributed by atoms with Crippen molar-refractivity contribution in [1.29, 1.82) is 5.26 Å². The van der Waals surface area contributed by atoms with Crippen molar-refractivity contribution in [2.75, 3.05) is 13.7 Å². The Bertz CT molecular complexity index is 1060. The smallest absolute Gasteiger partial charge is 0.341 e. The molecule has 134 valence electrons. The van der Waals surface area contributed by atoms with Crippen molar-refractivity contribution in [3.8, 4) is 17.6 Å². The minimum Gasteiger partial charge on any atom is -0.493 e. The summed E-state index contributed by atoms with van der Waals surface area (Å²) in [6.45, 7) is -0.452. The molecule has 5 heteroatoms. The number of hydrogen-bond donors (Lipinski definition) is 1. The average Bonchev–Trinajstić information content (AvgIpc) is 2.70. The van der Waals surface area contributed by atoms with Crippen molar-refractivity contribution in [3.05, 3.63) is 71.8 Å². The van der Waals surface area contributed by atoms with Crippen LogP contribution in [0.4, 0.5) is 0 Å². The van der Waals surface area contributed by atoms with E-state index in [1.165, 1.54) is 7.11 Å². The van der Waals surface area contributed by atoms with Gasteiger partial charge in [0.1, 0.15) is 0 Å². The number of ether oxygens (including phenoxy) is 2. The van der Waals surface area contributed by atoms with Crippen molar-refractivity contribution in [2.45, 2.75) is 0 Å². The molecule has 0 unspecified atom stereocenters. The summed E-state index contributed by atoms with van der Waals surface area (Å²) in [5.41, 5.74) is 2.09. The van der Waals surface area contributed by atoms with Crippen LogP contribution in [-0.4, -0.2) is 24.8 Å². The van der Waals surface area contributed by atoms with E-state index in [-0.39, 0.29) is 0 Å². The second-order valence-corrected chi connectivity index (χ2v) is 5.82. The van der Waals surface area contributed by atoms with Gasteiger partial charge in [-0.15, -0.1) is 0 Å². The number of carbonyl (C=O) groups is 1. The molecule has 0 fully saturated rings. The van der Waals surface area contributed by atoms with E-state index in [0.29, 0.717) is 17.1 Å². The number of carboxylic acid groups (broad SMARTS) is 1. The maximum absolute atomic E-state index is 10.7. The van der Waals surface area contributed by atoms with Gasteiger partial charge in [0.2, 0.25) is 0 Å². The molecular weight excluding hydrogens is 342 g/mol. The quantitative estimate of drug-likeness (QED) is 0.522. The van der Waals surface area contributed by atoms with Crippen LogP contribution in [0, 0.1) is 11.3 Å². The Kier molecular flexibility index (Phi) is 5.38. The van der Waals surface area contributed by atoms with Gasteiger partial charge in [-0.25, -0.2) is 4.79 Å². The molecule has 3 aromatic carbocycles. The Labute approximate surface area is 156 Å². The molecule has 1 N–H and O–H groups in total. The summed E-state index contributed by atoms with van der Waals surface area (Å²) in [6, 6.07) is 21.2. The highest BCUT2D eigenvalue weighted by Gasteiger charge is 2.09. The molecular formula is C22H17NO4. The predicted molar refractivity (Wildman–Crippen MR) is 104 cm³/mol. The van der Waals surface area contributed by atoms with Crippen molar-refractivity contribution in [3.63, 3.8) is 0 Å². The largest absolute Gasteiger partial charge is 0.493 e. The molecule has 0 saturated heterocycles. The zero-order chi connectivity index (χ0) is 19.2. The third-order valence-corrected chi connectivity index (χ3v) is 4.03. The fraction of sp³-hybridized carbons (Fsp3) is 0.0909. The van der Waals surface area contributed by atoms with Gasteiger partial charge in [0.05, 0.1) is 18.8 Å². The molecule has 27 heavy (non-hydrogen) atoms. The zero-order valence-corrected chi connectivity index (χ0v) is 14.7. The van der Waals surface area contributed by atoms with E-state index < -0.39 is 12.6 Å². The summed E-state index contributed by atoms with van der Waals surface area (Å²) >= 11 is 0. The van der Waals surface area contributed by atoms with Crippen LogP contribution in [0.15, 0.2) is 60.7 Å². The number of fused-ring (bicyclic) bond motifs is 1. The first-order valence-electron chi connectivity index (χ1n) is 8.24. The minimum absolute atomic E-state index is 0.335. The minimum atomic E-state index is -1.07. The Balaban J connectivity index is 1.94. The first kappa shape index (κ1) is 18.0. The van der Waals surface area contributed by atoms with Gasteiger partial charge in [-0.05, 0) is 46.2 Å². The van der Waals surface area contributed by atoms with Gasteiger partial charge in [-0.2, -0.15) is 5.26 Å². The van der Waals surface area contributed by atoms with E-state index >= 15 is 0 Å². The van der Waals surface area contributed by atoms with Crippen LogP contribution in [0.3, 0.4) is 0 Å². The maximum Gasteiger partial charge on any atom is 0.341 e. The van der Waals surface area contributed by atoms with Crippen LogP contribution in [0.2, 0.25) is 0 Å². The van der Waals surface area contributed by atoms with E-state index in [4.69, 9.17) is 14.6 Å². The van der Waals surface area contributed by atoms with Crippen LogP contribution >= 0.6 is 0 Å². The lowest BCUT2D eigenvalue weighted by Gasteiger charge is -2.10. The first-order chi connectivity index (χ1) is 13.1. The monoisotopic (exact) mass is 359 g/mol. The van der Waals surface area contributed by atoms with Crippen molar-refractivity contribution < 1.29 is 19.4 Å². The number of rotatable bonds is 6. The second-order valence-electron chi connectivity index (χ2n) is 5.82. The summed E-state index contributed by atoms with van der Waals surface area (Å²) in [5.74, 6) is -0.328. The number of carboxylic acids is 1. The molecule has 0 saturated carbocycles. The van der Waals surface area contributed by atoms with E-state index in [9.17, 15) is 10.1 Å². The lowest BCUT2D eigenvalue weighted by molar-refractivity contribution is -0.139. The zero-order valence-electron chi connectivity index (χ0n) is 14.7. The normalized spacial score (nSPS) is 11.0. The molecule has 0 heterocycles. The first-order valence-corrected chi connectivity index (χ1v) is 8.24. The van der Waals surface area contributed by atoms with Crippen molar-refractivity contribution >= 4 is 28.4 Å². The number of benzene rings is 3. The van der Waals surface area contributed by atoms with Crippen LogP contribution in [-0.2, 0) is 4.79 Å². The van der Waals surface area contributed by atoms with Crippen LogP contribution in [0.1, 0.15) is 11.1 Å². The number of hydrogen-bond acceptors (Lipinski definition) is 4. The highest BCUT2D eigenvalue weighted by Crippen LogP contribution is 2.30. The lowest BCUT2D eigenvalue weighted by Crippen LogP contribution is -2.10. The van der Waals surface area contributed by atoms with Gasteiger partial charge < -0.3 is 14.6 Å². The van der Waals surface area contributed by atoms with Gasteiger partial charge in [0.25, 0.3) is 0 Å². The average molecular weight is 359 g/mol. The molecule has 3 aromatic rings. The van der Waals surface area contributed by atoms with E-state index in [1.807, 2.05) is 42.5 Å². The second kappa shape index (κ2) is 8.07. The third kappa shape index (κ3) is 4.25. The fourth-order valence-electron chi connectivity index (χ4n) is 2.74. The SMILES string of the molecule is COc1cc(/C=C(/C#N)c2ccc3ccccc3c2)ccc1OCC(=O)O. The number of nitriles is 1. The van der Waals surface area contributed by atoms with Crippen LogP contribution in [0.5, 0.6) is 11.5 Å². The van der Waals surface area contributed by atoms with E-state index in [0.717, 1.165) is 21.9 Å². The molecule has 0 atom stereocenters. The highest BCUT2D eigenvalue weighted by molar-refractivity contribution is 5.94. The fourth-order valence-corrected chi connectivity index (χ4v) is 2.74. The van der Waals surface area contributed by atoms with E-state index in [2.05, 4.69) is 6.07 Å². The van der Waals surface area contributed by atoms with Crippen molar-refractivity contribution in [2.24, 2.45) is 0 Å². The molecule has 5 nitrogen and oxygen atoms in total. The molecule has 3 rings (SSSR count). The molecule has 0 aliphatic heterocycles. The van der Waals surface area contributed by atoms with Gasteiger partial charge in [0, 0.05) is 0 Å². The number of nitrogens with zero attached hydrogens (tertiary/aromatic N) is 1. The molecule has 0 radical (unpaired) electrons. The highest BCUT2D eigenvalue weighted by atomic mass is 16.5. The van der Waals surface area contributed by atoms with Gasteiger partial charge in [-0.1, -0.05) is 42.5 Å². The topological polar surface area (TPSA) is 79.5 Å². The van der Waals surface area contributed by atoms with Crippen LogP contribution < -0.4 is 9.47 Å². The van der Waals surface area contributed by atoms with Crippen molar-refractivity contribution in [1.82, 2.24) is 0 Å². The third-order valence-electron chi connectivity index (χ3n) is 4.03. The Morgan fingerprint density at radius 3 is 2.56 bits per heavy atom. The number of methoxy groups -OCH3 is 1. The summed E-state index contributed by atoms with van der Waals surface area (Å²) in [5, 5.41) is 20.5. The molecule has 0 amide bonds. The Morgan fingerprint density at radius 2 is 1.85 bits per heavy atom. The molecule has 0 aromatic heterocycles. The predicted octanol–water partition coefficient (Wildman–Crippen LogP) is 4.38. The molecule has 0 aliphatic rings. The molecule has 0 aliphatic carbocycles. The van der Waals surface area contributed by atoms with Gasteiger partial charge in [-0.3, -0.25) is 0 Å². The molecule has 0 bridgehead atoms. The Morgan fingerprint density at radius 1 is 1.07 bits per heavy atom. The van der Waals surface area contributed by atoms with Gasteiger partial charge >= 0.3 is 5.97 Å². The summed E-state index contributed by atoms with van der Waals surface area (Å²) in [4.78, 5) is 10.7. The summed E-state index contributed by atoms with van der Waals surface area (Å²) < 4.78 is 10.5. The molecule has 0 spiro atoms. The standard InChI is InChI=1S/C22H17NO4/c1-26-21-11-15(6-9-20(21)27-14-22(24)25)10-19(13-23)18-8-7-16-4-2-3-5-17(16)12-18/h2-12H,14H2,1H3,(H,24,25)/b19-10-. The summed E-state index contributed by atoms with van der Waals surface area (Å²) in [6.07, 6.45) is 1.76. The maximum atomic E-state index is 10.7. The van der Waals surface area contributed by atoms with Crippen LogP contribution in [0.25, 0.3) is 22.4 Å². The number of aliphatic carboxylic acids is 1. The Hall–Kier alpha value is -3.78.